The van der Waals surface area contributed by atoms with E-state index in [0.29, 0.717) is 5.56 Å². The zero-order valence-electron chi connectivity index (χ0n) is 17.2. The molecule has 0 heterocycles. The molecule has 0 aromatic heterocycles. The normalized spacial score (nSPS) is 10.4. The van der Waals surface area contributed by atoms with Crippen LogP contribution in [0.1, 0.15) is 42.9 Å². The Bertz CT molecular complexity index is 1150. The average molecular weight is 430 g/mol. The number of halogens is 2. The highest BCUT2D eigenvalue weighted by Crippen LogP contribution is 2.25. The Morgan fingerprint density at radius 3 is 2.03 bits per heavy atom. The Balaban J connectivity index is 1.70. The number of hydrogen-bond acceptors (Lipinski definition) is 2. The number of hydrogen-bond donors (Lipinski definition) is 0. The van der Waals surface area contributed by atoms with Gasteiger partial charge in [0.1, 0.15) is 5.69 Å². The van der Waals surface area contributed by atoms with Crippen LogP contribution in [0.5, 0.6) is 0 Å². The fraction of sp³-hybridized carbons (Fsp3) is 0.148. The summed E-state index contributed by atoms with van der Waals surface area (Å²) in [6.07, 6.45) is 6.66. The SMILES string of the molecule is CCCCC#Cc1ccc(-c2ccc(/C=C/c3cc(F)c(N=C=S)c(F)c3)cc2)cc1. The highest BCUT2D eigenvalue weighted by molar-refractivity contribution is 7.78. The molecule has 0 spiro atoms. The van der Waals surface area contributed by atoms with Gasteiger partial charge in [-0.25, -0.2) is 8.78 Å². The minimum Gasteiger partial charge on any atom is -0.204 e. The van der Waals surface area contributed by atoms with Gasteiger partial charge in [0.05, 0.1) is 5.16 Å². The highest BCUT2D eigenvalue weighted by Gasteiger charge is 2.09. The Labute approximate surface area is 187 Å². The lowest BCUT2D eigenvalue weighted by molar-refractivity contribution is 0.587. The van der Waals surface area contributed by atoms with Gasteiger partial charge in [0.2, 0.25) is 0 Å². The topological polar surface area (TPSA) is 12.4 Å². The third-order valence-corrected chi connectivity index (χ3v) is 4.77. The molecule has 0 amide bonds. The van der Waals surface area contributed by atoms with Crippen molar-refractivity contribution in [1.29, 1.82) is 0 Å². The zero-order valence-corrected chi connectivity index (χ0v) is 18.0. The molecule has 1 nitrogen and oxygen atoms in total. The molecule has 0 unspecified atom stereocenters. The van der Waals surface area contributed by atoms with Crippen LogP contribution in [0, 0.1) is 23.5 Å². The standard InChI is InChI=1S/C27H21F2NS/c1-2-3-4-5-6-20-9-13-23(14-10-20)24-15-11-21(12-16-24)7-8-22-17-25(28)27(30-19-31)26(29)18-22/h7-18H,2-4H2,1H3/b8-7+. The quantitative estimate of drug-likeness (QED) is 0.127. The number of aliphatic imine (C=N–C) groups is 1. The first-order valence-electron chi connectivity index (χ1n) is 10.0. The third-order valence-electron chi connectivity index (χ3n) is 4.68. The predicted octanol–water partition coefficient (Wildman–Crippen LogP) is 8.08. The molecule has 0 fully saturated rings. The number of benzene rings is 3. The Morgan fingerprint density at radius 2 is 1.45 bits per heavy atom. The summed E-state index contributed by atoms with van der Waals surface area (Å²) in [6, 6.07) is 18.6. The van der Waals surface area contributed by atoms with Gasteiger partial charge in [0.25, 0.3) is 0 Å². The number of unbranched alkanes of at least 4 members (excludes halogenated alkanes) is 2. The number of nitrogens with zero attached hydrogens (tertiary/aromatic N) is 1. The molecule has 0 saturated heterocycles. The summed E-state index contributed by atoms with van der Waals surface area (Å²) < 4.78 is 27.9. The van der Waals surface area contributed by atoms with E-state index in [2.05, 4.69) is 48.1 Å². The van der Waals surface area contributed by atoms with Crippen molar-refractivity contribution in [3.63, 3.8) is 0 Å². The second-order valence-corrected chi connectivity index (χ2v) is 7.16. The first kappa shape index (κ1) is 22.3. The first-order chi connectivity index (χ1) is 15.1. The molecule has 0 aliphatic heterocycles. The fourth-order valence-electron chi connectivity index (χ4n) is 2.99. The van der Waals surface area contributed by atoms with Crippen LogP contribution >= 0.6 is 12.2 Å². The summed E-state index contributed by atoms with van der Waals surface area (Å²) in [5.74, 6) is 4.84. The van der Waals surface area contributed by atoms with E-state index in [1.807, 2.05) is 41.6 Å². The van der Waals surface area contributed by atoms with Crippen molar-refractivity contribution in [2.75, 3.05) is 0 Å². The van der Waals surface area contributed by atoms with E-state index < -0.39 is 17.3 Å². The molecular weight excluding hydrogens is 408 g/mol. The van der Waals surface area contributed by atoms with Crippen LogP contribution in [-0.4, -0.2) is 5.16 Å². The second-order valence-electron chi connectivity index (χ2n) is 6.97. The van der Waals surface area contributed by atoms with Crippen molar-refractivity contribution < 1.29 is 8.78 Å². The van der Waals surface area contributed by atoms with E-state index in [1.165, 1.54) is 12.1 Å². The van der Waals surface area contributed by atoms with E-state index in [0.717, 1.165) is 41.5 Å². The summed E-state index contributed by atoms with van der Waals surface area (Å²) in [7, 11) is 0. The monoisotopic (exact) mass is 429 g/mol. The van der Waals surface area contributed by atoms with Crippen LogP contribution in [0.25, 0.3) is 23.3 Å². The zero-order chi connectivity index (χ0) is 22.1. The molecule has 0 radical (unpaired) electrons. The molecule has 3 rings (SSSR count). The average Bonchev–Trinajstić information content (AvgIpc) is 2.79. The van der Waals surface area contributed by atoms with Gasteiger partial charge < -0.3 is 0 Å². The molecule has 0 N–H and O–H groups in total. The number of isothiocyanates is 1. The van der Waals surface area contributed by atoms with E-state index >= 15 is 0 Å². The van der Waals surface area contributed by atoms with Gasteiger partial charge in [-0.2, -0.15) is 4.99 Å². The molecule has 31 heavy (non-hydrogen) atoms. The number of rotatable bonds is 6. The minimum absolute atomic E-state index is 0.401. The lowest BCUT2D eigenvalue weighted by Crippen LogP contribution is -1.85. The van der Waals surface area contributed by atoms with E-state index in [1.54, 1.807) is 12.2 Å². The summed E-state index contributed by atoms with van der Waals surface area (Å²) in [4.78, 5) is 3.41. The van der Waals surface area contributed by atoms with Crippen LogP contribution < -0.4 is 0 Å². The van der Waals surface area contributed by atoms with Gasteiger partial charge in [-0.3, -0.25) is 0 Å². The Kier molecular flexibility index (Phi) is 8.01. The van der Waals surface area contributed by atoms with Crippen molar-refractivity contribution in [3.05, 3.63) is 89.0 Å². The van der Waals surface area contributed by atoms with Gasteiger partial charge in [-0.15, -0.1) is 0 Å². The Morgan fingerprint density at radius 1 is 0.871 bits per heavy atom. The van der Waals surface area contributed by atoms with Crippen molar-refractivity contribution >= 4 is 35.2 Å². The van der Waals surface area contributed by atoms with Crippen molar-refractivity contribution in [3.8, 4) is 23.0 Å². The van der Waals surface area contributed by atoms with Gasteiger partial charge in [-0.05, 0) is 65.2 Å². The van der Waals surface area contributed by atoms with Crippen molar-refractivity contribution in [2.24, 2.45) is 4.99 Å². The van der Waals surface area contributed by atoms with E-state index in [-0.39, 0.29) is 0 Å². The van der Waals surface area contributed by atoms with Crippen LogP contribution in [0.15, 0.2) is 65.7 Å². The fourth-order valence-corrected chi connectivity index (χ4v) is 3.08. The number of thiocarbonyl (C=S) groups is 1. The summed E-state index contributed by atoms with van der Waals surface area (Å²) in [5, 5.41) is 1.98. The molecule has 3 aromatic carbocycles. The third kappa shape index (κ3) is 6.30. The van der Waals surface area contributed by atoms with Crippen LogP contribution in [0.4, 0.5) is 14.5 Å². The summed E-state index contributed by atoms with van der Waals surface area (Å²) >= 11 is 4.41. The molecule has 3 aromatic rings. The highest BCUT2D eigenvalue weighted by atomic mass is 32.1. The van der Waals surface area contributed by atoms with Crippen molar-refractivity contribution in [1.82, 2.24) is 0 Å². The van der Waals surface area contributed by atoms with Gasteiger partial charge in [-0.1, -0.05) is 73.7 Å². The van der Waals surface area contributed by atoms with E-state index in [4.69, 9.17) is 0 Å². The first-order valence-corrected chi connectivity index (χ1v) is 10.5. The lowest BCUT2D eigenvalue weighted by Gasteiger charge is -2.03. The summed E-state index contributed by atoms with van der Waals surface area (Å²) in [5.41, 5.74) is 4.10. The molecular formula is C27H21F2NS. The molecule has 0 saturated carbocycles. The lowest BCUT2D eigenvalue weighted by atomic mass is 10.0. The molecule has 4 heteroatoms. The van der Waals surface area contributed by atoms with Crippen LogP contribution in [0.2, 0.25) is 0 Å². The molecule has 0 atom stereocenters. The molecule has 154 valence electrons. The predicted molar refractivity (Wildman–Crippen MR) is 128 cm³/mol. The minimum atomic E-state index is -0.772. The van der Waals surface area contributed by atoms with Crippen molar-refractivity contribution in [2.45, 2.75) is 26.2 Å². The second kappa shape index (κ2) is 11.1. The maximum absolute atomic E-state index is 13.9. The Hall–Kier alpha value is -3.38. The smallest absolute Gasteiger partial charge is 0.153 e. The molecule has 0 aliphatic carbocycles. The maximum atomic E-state index is 13.9. The molecule has 0 aliphatic rings. The maximum Gasteiger partial charge on any atom is 0.153 e. The summed E-state index contributed by atoms with van der Waals surface area (Å²) in [6.45, 7) is 2.16. The van der Waals surface area contributed by atoms with Crippen LogP contribution in [-0.2, 0) is 0 Å². The van der Waals surface area contributed by atoms with Gasteiger partial charge >= 0.3 is 0 Å². The van der Waals surface area contributed by atoms with Gasteiger partial charge in [0.15, 0.2) is 11.6 Å². The van der Waals surface area contributed by atoms with Crippen LogP contribution in [0.3, 0.4) is 0 Å². The molecule has 0 bridgehead atoms. The largest absolute Gasteiger partial charge is 0.204 e. The van der Waals surface area contributed by atoms with Gasteiger partial charge in [0, 0.05) is 12.0 Å². The van der Waals surface area contributed by atoms with E-state index in [9.17, 15) is 8.78 Å².